The Balaban J connectivity index is 1.85. The number of rotatable bonds is 6. The number of hydrogen-bond donors (Lipinski definition) is 2. The highest BCUT2D eigenvalue weighted by Crippen LogP contribution is 2.21. The molecule has 0 heterocycles. The molecule has 2 aromatic carbocycles. The molecule has 0 radical (unpaired) electrons. The van der Waals surface area contributed by atoms with Crippen molar-refractivity contribution >= 4 is 45.2 Å². The van der Waals surface area contributed by atoms with E-state index in [-0.39, 0.29) is 10.8 Å². The second kappa shape index (κ2) is 8.49. The molecule has 0 fully saturated rings. The maximum Gasteiger partial charge on any atom is 0.244 e. The fourth-order valence-electron chi connectivity index (χ4n) is 2.04. The Kier molecular flexibility index (Phi) is 6.61. The summed E-state index contributed by atoms with van der Waals surface area (Å²) in [4.78, 5) is 11.9. The molecule has 2 rings (SSSR count). The zero-order valence-corrected chi connectivity index (χ0v) is 15.4. The van der Waals surface area contributed by atoms with E-state index in [1.807, 2.05) is 0 Å². The summed E-state index contributed by atoms with van der Waals surface area (Å²) in [5, 5.41) is 8.77. The van der Waals surface area contributed by atoms with Gasteiger partial charge in [-0.1, -0.05) is 41.4 Å². The molecule has 0 aliphatic heterocycles. The molecule has 0 unspecified atom stereocenters. The Morgan fingerprint density at radius 3 is 2.40 bits per heavy atom. The average molecular weight is 399 g/mol. The number of nitrogens with one attached hydrogen (secondary N) is 1. The number of carbonyl (C=O) groups excluding carboxylic acids is 1. The number of nitrogens with two attached hydrogens (primary N) is 1. The molecular weight excluding hydrogens is 383 g/mol. The molecule has 0 atom stereocenters. The van der Waals surface area contributed by atoms with Crippen molar-refractivity contribution in [1.29, 1.82) is 0 Å². The first-order valence-electron chi connectivity index (χ1n) is 7.28. The predicted molar refractivity (Wildman–Crippen MR) is 100 cm³/mol. The Bertz CT molecular complexity index is 895. The minimum Gasteiger partial charge on any atom is -0.352 e. The minimum atomic E-state index is -3.69. The second-order valence-corrected chi connectivity index (χ2v) is 7.63. The molecule has 0 bridgehead atoms. The van der Waals surface area contributed by atoms with Gasteiger partial charge in [-0.3, -0.25) is 4.79 Å². The number of primary sulfonamides is 1. The SMILES string of the molecule is NS(=O)(=O)c1ccc(CCNC(=O)C=Cc2ccc(Cl)cc2Cl)cc1. The lowest BCUT2D eigenvalue weighted by atomic mass is 10.1. The van der Waals surface area contributed by atoms with E-state index in [0.29, 0.717) is 28.6 Å². The largest absolute Gasteiger partial charge is 0.352 e. The molecule has 132 valence electrons. The lowest BCUT2D eigenvalue weighted by Crippen LogP contribution is -2.23. The highest BCUT2D eigenvalue weighted by atomic mass is 35.5. The summed E-state index contributed by atoms with van der Waals surface area (Å²) in [5.74, 6) is -0.257. The van der Waals surface area contributed by atoms with Crippen LogP contribution in [0.3, 0.4) is 0 Å². The van der Waals surface area contributed by atoms with Gasteiger partial charge in [0, 0.05) is 22.7 Å². The summed E-state index contributed by atoms with van der Waals surface area (Å²) in [6.45, 7) is 0.409. The number of carbonyl (C=O) groups is 1. The monoisotopic (exact) mass is 398 g/mol. The molecule has 0 saturated heterocycles. The molecule has 25 heavy (non-hydrogen) atoms. The summed E-state index contributed by atoms with van der Waals surface area (Å²) in [6, 6.07) is 11.2. The van der Waals surface area contributed by atoms with E-state index in [4.69, 9.17) is 28.3 Å². The maximum absolute atomic E-state index is 11.8. The van der Waals surface area contributed by atoms with Crippen LogP contribution in [0.5, 0.6) is 0 Å². The summed E-state index contributed by atoms with van der Waals surface area (Å²) in [5.41, 5.74) is 1.58. The first-order valence-corrected chi connectivity index (χ1v) is 9.58. The Morgan fingerprint density at radius 2 is 1.80 bits per heavy atom. The van der Waals surface area contributed by atoms with Crippen LogP contribution < -0.4 is 10.5 Å². The van der Waals surface area contributed by atoms with Gasteiger partial charge in [0.15, 0.2) is 0 Å². The van der Waals surface area contributed by atoms with E-state index in [1.54, 1.807) is 36.4 Å². The zero-order chi connectivity index (χ0) is 18.4. The van der Waals surface area contributed by atoms with Crippen LogP contribution in [0.25, 0.3) is 6.08 Å². The molecule has 0 saturated carbocycles. The molecule has 0 aromatic heterocycles. The van der Waals surface area contributed by atoms with Gasteiger partial charge in [0.25, 0.3) is 0 Å². The Labute approximate surface area is 156 Å². The molecule has 0 aliphatic carbocycles. The van der Waals surface area contributed by atoms with Gasteiger partial charge in [-0.2, -0.15) is 0 Å². The smallest absolute Gasteiger partial charge is 0.244 e. The van der Waals surface area contributed by atoms with E-state index in [1.165, 1.54) is 18.2 Å². The van der Waals surface area contributed by atoms with Gasteiger partial charge < -0.3 is 5.32 Å². The highest BCUT2D eigenvalue weighted by molar-refractivity contribution is 7.89. The molecule has 5 nitrogen and oxygen atoms in total. The molecule has 2 aromatic rings. The van der Waals surface area contributed by atoms with Crippen molar-refractivity contribution in [2.75, 3.05) is 6.54 Å². The molecule has 8 heteroatoms. The van der Waals surface area contributed by atoms with Gasteiger partial charge in [-0.25, -0.2) is 13.6 Å². The van der Waals surface area contributed by atoms with Crippen LogP contribution in [0.15, 0.2) is 53.4 Å². The van der Waals surface area contributed by atoms with Crippen LogP contribution in [0, 0.1) is 0 Å². The highest BCUT2D eigenvalue weighted by Gasteiger charge is 2.06. The van der Waals surface area contributed by atoms with E-state index in [9.17, 15) is 13.2 Å². The number of halogens is 2. The van der Waals surface area contributed by atoms with Gasteiger partial charge in [-0.15, -0.1) is 0 Å². The maximum atomic E-state index is 11.8. The standard InChI is InChI=1S/C17H16Cl2N2O3S/c18-14-5-3-13(16(19)11-14)4-8-17(22)21-10-9-12-1-6-15(7-2-12)25(20,23)24/h1-8,11H,9-10H2,(H,21,22)(H2,20,23,24). The molecular formula is C17H16Cl2N2O3S. The van der Waals surface area contributed by atoms with Gasteiger partial charge in [0.1, 0.15) is 0 Å². The summed E-state index contributed by atoms with van der Waals surface area (Å²) < 4.78 is 22.4. The lowest BCUT2D eigenvalue weighted by Gasteiger charge is -2.04. The van der Waals surface area contributed by atoms with E-state index in [2.05, 4.69) is 5.32 Å². The van der Waals surface area contributed by atoms with Crippen molar-refractivity contribution in [1.82, 2.24) is 5.32 Å². The quantitative estimate of drug-likeness (QED) is 0.732. The first-order chi connectivity index (χ1) is 11.8. The van der Waals surface area contributed by atoms with Gasteiger partial charge in [0.05, 0.1) is 4.90 Å². The van der Waals surface area contributed by atoms with Crippen LogP contribution in [-0.4, -0.2) is 20.9 Å². The van der Waals surface area contributed by atoms with Crippen LogP contribution in [0.2, 0.25) is 10.0 Å². The van der Waals surface area contributed by atoms with Crippen LogP contribution in [0.4, 0.5) is 0 Å². The lowest BCUT2D eigenvalue weighted by molar-refractivity contribution is -0.116. The second-order valence-electron chi connectivity index (χ2n) is 5.23. The topological polar surface area (TPSA) is 89.3 Å². The summed E-state index contributed by atoms with van der Waals surface area (Å²) in [6.07, 6.45) is 3.56. The van der Waals surface area contributed by atoms with Crippen molar-refractivity contribution < 1.29 is 13.2 Å². The van der Waals surface area contributed by atoms with Gasteiger partial charge in [0.2, 0.25) is 15.9 Å². The number of amides is 1. The summed E-state index contributed by atoms with van der Waals surface area (Å²) in [7, 11) is -3.69. The Hall–Kier alpha value is -1.86. The molecule has 1 amide bonds. The van der Waals surface area contributed by atoms with E-state index < -0.39 is 10.0 Å². The summed E-state index contributed by atoms with van der Waals surface area (Å²) >= 11 is 11.8. The average Bonchev–Trinajstić information content (AvgIpc) is 2.53. The van der Waals surface area contributed by atoms with Crippen molar-refractivity contribution in [3.05, 3.63) is 69.7 Å². The number of sulfonamides is 1. The minimum absolute atomic E-state index is 0.0584. The molecule has 0 aliphatic rings. The third kappa shape index (κ3) is 6.17. The van der Waals surface area contributed by atoms with Crippen LogP contribution in [0.1, 0.15) is 11.1 Å². The van der Waals surface area contributed by atoms with Crippen molar-refractivity contribution in [3.63, 3.8) is 0 Å². The molecule has 3 N–H and O–H groups in total. The third-order valence-corrected chi connectivity index (χ3v) is 4.83. The van der Waals surface area contributed by atoms with Crippen LogP contribution in [-0.2, 0) is 21.2 Å². The van der Waals surface area contributed by atoms with E-state index >= 15 is 0 Å². The van der Waals surface area contributed by atoms with E-state index in [0.717, 1.165) is 5.56 Å². The normalized spacial score (nSPS) is 11.6. The van der Waals surface area contributed by atoms with Gasteiger partial charge >= 0.3 is 0 Å². The predicted octanol–water partition coefficient (Wildman–Crippen LogP) is 3.01. The van der Waals surface area contributed by atoms with Gasteiger partial charge in [-0.05, 0) is 47.9 Å². The number of benzene rings is 2. The van der Waals surface area contributed by atoms with Crippen molar-refractivity contribution in [2.24, 2.45) is 5.14 Å². The third-order valence-electron chi connectivity index (χ3n) is 3.34. The molecule has 0 spiro atoms. The first kappa shape index (κ1) is 19.5. The fraction of sp³-hybridized carbons (Fsp3) is 0.118. The zero-order valence-electron chi connectivity index (χ0n) is 13.1. The fourth-order valence-corrected chi connectivity index (χ4v) is 3.02. The number of hydrogen-bond acceptors (Lipinski definition) is 3. The van der Waals surface area contributed by atoms with Crippen molar-refractivity contribution in [3.8, 4) is 0 Å². The van der Waals surface area contributed by atoms with Crippen LogP contribution >= 0.6 is 23.2 Å². The van der Waals surface area contributed by atoms with Crippen molar-refractivity contribution in [2.45, 2.75) is 11.3 Å². The Morgan fingerprint density at radius 1 is 1.12 bits per heavy atom.